The van der Waals surface area contributed by atoms with Gasteiger partial charge < -0.3 is 5.32 Å². The summed E-state index contributed by atoms with van der Waals surface area (Å²) >= 11 is 1.28. The molecule has 3 aromatic carbocycles. The Morgan fingerprint density at radius 3 is 2.05 bits per heavy atom. The number of hydrogen-bond acceptors (Lipinski definition) is 5. The van der Waals surface area contributed by atoms with Crippen LogP contribution >= 0.6 is 11.3 Å². The van der Waals surface area contributed by atoms with Crippen molar-refractivity contribution in [1.82, 2.24) is 14.6 Å². The van der Waals surface area contributed by atoms with Gasteiger partial charge in [0.1, 0.15) is 10.7 Å². The minimum atomic E-state index is -3.82. The van der Waals surface area contributed by atoms with E-state index in [-0.39, 0.29) is 35.0 Å². The molecule has 1 heterocycles. The van der Waals surface area contributed by atoms with Gasteiger partial charge >= 0.3 is 0 Å². The van der Waals surface area contributed by atoms with Gasteiger partial charge in [-0.25, -0.2) is 13.4 Å². The first kappa shape index (κ1) is 26.7. The van der Waals surface area contributed by atoms with Crippen LogP contribution in [0, 0.1) is 0 Å². The van der Waals surface area contributed by atoms with Gasteiger partial charge in [0.25, 0.3) is 5.91 Å². The molecule has 1 N–H and O–H groups in total. The Balaban J connectivity index is 1.55. The van der Waals surface area contributed by atoms with Crippen LogP contribution in [0.2, 0.25) is 0 Å². The van der Waals surface area contributed by atoms with Gasteiger partial charge in [0.2, 0.25) is 10.0 Å². The monoisotopic (exact) mass is 533 g/mol. The molecule has 4 rings (SSSR count). The lowest BCUT2D eigenvalue weighted by atomic mass is 9.87. The van der Waals surface area contributed by atoms with E-state index in [1.165, 1.54) is 15.6 Å². The van der Waals surface area contributed by atoms with Crippen LogP contribution in [0.15, 0.2) is 95.2 Å². The predicted octanol–water partition coefficient (Wildman–Crippen LogP) is 5.76. The number of carbonyl (C=O) groups is 1. The SMILES string of the molecule is CC(C)(C)c1ccc(S(=O)(=O)N(Cc2ccccc2)Cc2nc(C(=O)NCc3ccccc3)cs2)cc1. The van der Waals surface area contributed by atoms with Crippen LogP contribution in [0.3, 0.4) is 0 Å². The Hall–Kier alpha value is -3.33. The molecule has 0 bridgehead atoms. The zero-order valence-electron chi connectivity index (χ0n) is 21.2. The van der Waals surface area contributed by atoms with E-state index in [9.17, 15) is 13.2 Å². The Morgan fingerprint density at radius 1 is 0.865 bits per heavy atom. The van der Waals surface area contributed by atoms with Gasteiger partial charge in [-0.1, -0.05) is 93.6 Å². The van der Waals surface area contributed by atoms with Gasteiger partial charge in [0.15, 0.2) is 0 Å². The normalized spacial score (nSPS) is 12.0. The van der Waals surface area contributed by atoms with Crippen molar-refractivity contribution in [1.29, 1.82) is 0 Å². The van der Waals surface area contributed by atoms with Crippen LogP contribution in [0.5, 0.6) is 0 Å². The lowest BCUT2D eigenvalue weighted by Gasteiger charge is -2.23. The van der Waals surface area contributed by atoms with E-state index in [0.29, 0.717) is 11.6 Å². The molecule has 1 aromatic heterocycles. The summed E-state index contributed by atoms with van der Waals surface area (Å²) in [5.41, 5.74) is 3.12. The molecule has 1 amide bonds. The largest absolute Gasteiger partial charge is 0.347 e. The standard InChI is InChI=1S/C29H31N3O3S2/c1-29(2,3)24-14-16-25(17-15-24)37(34,35)32(19-23-12-8-5-9-13-23)20-27-31-26(21-36-27)28(33)30-18-22-10-6-4-7-11-22/h4-17,21H,18-20H2,1-3H3,(H,30,33). The van der Waals surface area contributed by atoms with Crippen molar-refractivity contribution in [2.45, 2.75) is 50.7 Å². The maximum absolute atomic E-state index is 13.7. The number of sulfonamides is 1. The average molecular weight is 534 g/mol. The Bertz CT molecular complexity index is 1430. The van der Waals surface area contributed by atoms with Crippen molar-refractivity contribution < 1.29 is 13.2 Å². The lowest BCUT2D eigenvalue weighted by Crippen LogP contribution is -2.30. The van der Waals surface area contributed by atoms with Crippen LogP contribution in [-0.4, -0.2) is 23.6 Å². The zero-order chi connectivity index (χ0) is 26.5. The third-order valence-electron chi connectivity index (χ3n) is 5.95. The van der Waals surface area contributed by atoms with Gasteiger partial charge in [-0.2, -0.15) is 4.31 Å². The summed E-state index contributed by atoms with van der Waals surface area (Å²) in [7, 11) is -3.82. The van der Waals surface area contributed by atoms with Crippen molar-refractivity contribution in [3.05, 3.63) is 118 Å². The van der Waals surface area contributed by atoms with Gasteiger partial charge in [0, 0.05) is 18.5 Å². The molecule has 0 saturated carbocycles. The molecule has 0 aliphatic carbocycles. The zero-order valence-corrected chi connectivity index (χ0v) is 22.9. The molecular formula is C29H31N3O3S2. The Morgan fingerprint density at radius 2 is 1.46 bits per heavy atom. The maximum Gasteiger partial charge on any atom is 0.271 e. The van der Waals surface area contributed by atoms with Crippen LogP contribution < -0.4 is 5.32 Å². The molecule has 6 nitrogen and oxygen atoms in total. The molecule has 0 aliphatic heterocycles. The third-order valence-corrected chi connectivity index (χ3v) is 8.59. The molecule has 0 spiro atoms. The van der Waals surface area contributed by atoms with Crippen molar-refractivity contribution in [3.8, 4) is 0 Å². The summed E-state index contributed by atoms with van der Waals surface area (Å²) in [5.74, 6) is -0.290. The van der Waals surface area contributed by atoms with Gasteiger partial charge in [-0.3, -0.25) is 4.79 Å². The van der Waals surface area contributed by atoms with Crippen LogP contribution in [0.25, 0.3) is 0 Å². The quantitative estimate of drug-likeness (QED) is 0.297. The number of benzene rings is 3. The highest BCUT2D eigenvalue weighted by Gasteiger charge is 2.27. The molecule has 8 heteroatoms. The number of carbonyl (C=O) groups excluding carboxylic acids is 1. The number of nitrogens with zero attached hydrogens (tertiary/aromatic N) is 2. The number of nitrogens with one attached hydrogen (secondary N) is 1. The molecule has 192 valence electrons. The van der Waals surface area contributed by atoms with Crippen molar-refractivity contribution in [2.24, 2.45) is 0 Å². The first-order valence-corrected chi connectivity index (χ1v) is 14.4. The highest BCUT2D eigenvalue weighted by Crippen LogP contribution is 2.27. The second-order valence-electron chi connectivity index (χ2n) is 9.83. The van der Waals surface area contributed by atoms with E-state index in [1.54, 1.807) is 17.5 Å². The van der Waals surface area contributed by atoms with E-state index in [0.717, 1.165) is 16.7 Å². The second-order valence-corrected chi connectivity index (χ2v) is 12.7. The number of rotatable bonds is 9. The molecule has 0 fully saturated rings. The Kier molecular flexibility index (Phi) is 8.22. The number of thiazole rings is 1. The lowest BCUT2D eigenvalue weighted by molar-refractivity contribution is 0.0946. The van der Waals surface area contributed by atoms with Crippen LogP contribution in [0.1, 0.15) is 53.0 Å². The molecule has 0 aliphatic rings. The molecular weight excluding hydrogens is 502 g/mol. The number of amides is 1. The second kappa shape index (κ2) is 11.4. The van der Waals surface area contributed by atoms with Crippen molar-refractivity contribution in [3.63, 3.8) is 0 Å². The first-order valence-electron chi connectivity index (χ1n) is 12.0. The molecule has 0 unspecified atom stereocenters. The van der Waals surface area contributed by atoms with E-state index in [2.05, 4.69) is 31.1 Å². The van der Waals surface area contributed by atoms with Gasteiger partial charge in [0.05, 0.1) is 11.4 Å². The number of hydrogen-bond donors (Lipinski definition) is 1. The maximum atomic E-state index is 13.7. The minimum Gasteiger partial charge on any atom is -0.347 e. The van der Waals surface area contributed by atoms with Crippen molar-refractivity contribution >= 4 is 27.3 Å². The molecule has 0 atom stereocenters. The molecule has 4 aromatic rings. The molecule has 0 radical (unpaired) electrons. The summed E-state index contributed by atoms with van der Waals surface area (Å²) < 4.78 is 28.9. The fourth-order valence-corrected chi connectivity index (χ4v) is 6.06. The smallest absolute Gasteiger partial charge is 0.271 e. The molecule has 37 heavy (non-hydrogen) atoms. The highest BCUT2D eigenvalue weighted by molar-refractivity contribution is 7.89. The summed E-state index contributed by atoms with van der Waals surface area (Å²) in [4.78, 5) is 17.3. The Labute approximate surface area is 223 Å². The van der Waals surface area contributed by atoms with E-state index in [4.69, 9.17) is 0 Å². The fraction of sp³-hybridized carbons (Fsp3) is 0.241. The average Bonchev–Trinajstić information content (AvgIpc) is 3.36. The van der Waals surface area contributed by atoms with Crippen LogP contribution in [-0.2, 0) is 35.1 Å². The predicted molar refractivity (Wildman–Crippen MR) is 148 cm³/mol. The fourth-order valence-electron chi connectivity index (χ4n) is 3.80. The summed E-state index contributed by atoms with van der Waals surface area (Å²) in [6.45, 7) is 6.93. The van der Waals surface area contributed by atoms with Crippen molar-refractivity contribution in [2.75, 3.05) is 0 Å². The van der Waals surface area contributed by atoms with Gasteiger partial charge in [-0.05, 0) is 34.2 Å². The number of aromatic nitrogens is 1. The van der Waals surface area contributed by atoms with Gasteiger partial charge in [-0.15, -0.1) is 11.3 Å². The summed E-state index contributed by atoms with van der Waals surface area (Å²) in [6.07, 6.45) is 0. The summed E-state index contributed by atoms with van der Waals surface area (Å²) in [5, 5.41) is 5.09. The highest BCUT2D eigenvalue weighted by atomic mass is 32.2. The minimum absolute atomic E-state index is 0.0644. The van der Waals surface area contributed by atoms with Crippen LogP contribution in [0.4, 0.5) is 0 Å². The van der Waals surface area contributed by atoms with E-state index in [1.807, 2.05) is 72.8 Å². The summed E-state index contributed by atoms with van der Waals surface area (Å²) in [6, 6.07) is 26.2. The topological polar surface area (TPSA) is 79.4 Å². The third kappa shape index (κ3) is 6.91. The first-order chi connectivity index (χ1) is 17.6. The van der Waals surface area contributed by atoms with E-state index >= 15 is 0 Å². The van der Waals surface area contributed by atoms with E-state index < -0.39 is 10.0 Å². The molecule has 0 saturated heterocycles.